The Morgan fingerprint density at radius 2 is 2.16 bits per heavy atom. The van der Waals surface area contributed by atoms with Gasteiger partial charge in [0.05, 0.1) is 11.0 Å². The molecule has 1 amide bonds. The van der Waals surface area contributed by atoms with Gasteiger partial charge in [0.15, 0.2) is 0 Å². The molecule has 1 heterocycles. The number of thiophene rings is 1. The molecular formula is C13H17NO4S. The highest BCUT2D eigenvalue weighted by Crippen LogP contribution is 2.24. The molecule has 0 fully saturated rings. The molecule has 5 nitrogen and oxygen atoms in total. The van der Waals surface area contributed by atoms with Crippen molar-refractivity contribution >= 4 is 29.3 Å². The Balaban J connectivity index is 2.88. The largest absolute Gasteiger partial charge is 0.478 e. The molecule has 0 bridgehead atoms. The van der Waals surface area contributed by atoms with Crippen molar-refractivity contribution in [3.8, 4) is 0 Å². The van der Waals surface area contributed by atoms with Crippen molar-refractivity contribution in [1.82, 2.24) is 4.90 Å². The van der Waals surface area contributed by atoms with Gasteiger partial charge in [0.1, 0.15) is 0 Å². The molecule has 1 unspecified atom stereocenters. The SMILES string of the molecule is Cc1cc(C(=O)N(C)CC(C)O)sc1C=CC(=O)O. The molecule has 0 aliphatic heterocycles. The van der Waals surface area contributed by atoms with Crippen molar-refractivity contribution in [2.45, 2.75) is 20.0 Å². The molecule has 0 aromatic carbocycles. The summed E-state index contributed by atoms with van der Waals surface area (Å²) >= 11 is 1.24. The minimum Gasteiger partial charge on any atom is -0.478 e. The number of aliphatic hydroxyl groups excluding tert-OH is 1. The number of rotatable bonds is 5. The fourth-order valence-electron chi connectivity index (χ4n) is 1.58. The Labute approximate surface area is 115 Å². The molecule has 1 rings (SSSR count). The number of aliphatic hydroxyl groups is 1. The van der Waals surface area contributed by atoms with Gasteiger partial charge in [-0.05, 0) is 31.6 Å². The van der Waals surface area contributed by atoms with E-state index in [0.29, 0.717) is 4.88 Å². The van der Waals surface area contributed by atoms with Crippen LogP contribution in [0.4, 0.5) is 0 Å². The van der Waals surface area contributed by atoms with Crippen LogP contribution in [0, 0.1) is 6.92 Å². The molecule has 0 aliphatic rings. The van der Waals surface area contributed by atoms with Gasteiger partial charge in [-0.3, -0.25) is 4.79 Å². The molecule has 0 spiro atoms. The topological polar surface area (TPSA) is 77.8 Å². The predicted octanol–water partition coefficient (Wildman–Crippen LogP) is 1.61. The molecule has 2 N–H and O–H groups in total. The summed E-state index contributed by atoms with van der Waals surface area (Å²) < 4.78 is 0. The van der Waals surface area contributed by atoms with Crippen LogP contribution in [0.15, 0.2) is 12.1 Å². The predicted molar refractivity (Wildman–Crippen MR) is 74.4 cm³/mol. The fraction of sp³-hybridized carbons (Fsp3) is 0.385. The van der Waals surface area contributed by atoms with E-state index >= 15 is 0 Å². The number of hydrogen-bond donors (Lipinski definition) is 2. The first-order chi connectivity index (χ1) is 8.81. The lowest BCUT2D eigenvalue weighted by molar-refractivity contribution is -0.131. The molecule has 1 atom stereocenters. The third-order valence-corrected chi connectivity index (χ3v) is 3.62. The summed E-state index contributed by atoms with van der Waals surface area (Å²) in [7, 11) is 1.62. The van der Waals surface area contributed by atoms with Crippen molar-refractivity contribution < 1.29 is 19.8 Å². The Hall–Kier alpha value is -1.66. The molecule has 19 heavy (non-hydrogen) atoms. The smallest absolute Gasteiger partial charge is 0.328 e. The second kappa shape index (κ2) is 6.49. The van der Waals surface area contributed by atoms with Gasteiger partial charge in [0.2, 0.25) is 0 Å². The molecule has 1 aromatic heterocycles. The van der Waals surface area contributed by atoms with E-state index in [1.165, 1.54) is 22.3 Å². The highest BCUT2D eigenvalue weighted by atomic mass is 32.1. The highest BCUT2D eigenvalue weighted by molar-refractivity contribution is 7.15. The maximum atomic E-state index is 12.1. The van der Waals surface area contributed by atoms with Gasteiger partial charge in [0, 0.05) is 24.5 Å². The average Bonchev–Trinajstić information content (AvgIpc) is 2.66. The lowest BCUT2D eigenvalue weighted by Crippen LogP contribution is -2.32. The van der Waals surface area contributed by atoms with E-state index in [0.717, 1.165) is 16.5 Å². The number of hydrogen-bond acceptors (Lipinski definition) is 4. The monoisotopic (exact) mass is 283 g/mol. The van der Waals surface area contributed by atoms with E-state index in [2.05, 4.69) is 0 Å². The van der Waals surface area contributed by atoms with Gasteiger partial charge in [-0.2, -0.15) is 0 Å². The van der Waals surface area contributed by atoms with Gasteiger partial charge >= 0.3 is 5.97 Å². The molecule has 0 radical (unpaired) electrons. The number of aliphatic carboxylic acids is 1. The van der Waals surface area contributed by atoms with Gasteiger partial charge in [-0.1, -0.05) is 0 Å². The van der Waals surface area contributed by atoms with Crippen molar-refractivity contribution in [3.05, 3.63) is 27.5 Å². The summed E-state index contributed by atoms with van der Waals surface area (Å²) in [6, 6.07) is 1.73. The van der Waals surface area contributed by atoms with Crippen molar-refractivity contribution in [3.63, 3.8) is 0 Å². The Morgan fingerprint density at radius 1 is 1.53 bits per heavy atom. The highest BCUT2D eigenvalue weighted by Gasteiger charge is 2.16. The van der Waals surface area contributed by atoms with E-state index in [-0.39, 0.29) is 12.5 Å². The average molecular weight is 283 g/mol. The molecular weight excluding hydrogens is 266 g/mol. The molecule has 6 heteroatoms. The van der Waals surface area contributed by atoms with Crippen LogP contribution in [0.5, 0.6) is 0 Å². The number of nitrogens with zero attached hydrogens (tertiary/aromatic N) is 1. The zero-order chi connectivity index (χ0) is 14.6. The van der Waals surface area contributed by atoms with Gasteiger partial charge in [0.25, 0.3) is 5.91 Å². The molecule has 104 valence electrons. The van der Waals surface area contributed by atoms with E-state index in [9.17, 15) is 14.7 Å². The Morgan fingerprint density at radius 3 is 2.68 bits per heavy atom. The fourth-order valence-corrected chi connectivity index (χ4v) is 2.65. The van der Waals surface area contributed by atoms with Gasteiger partial charge in [-0.15, -0.1) is 11.3 Å². The van der Waals surface area contributed by atoms with Crippen LogP contribution in [-0.2, 0) is 4.79 Å². The van der Waals surface area contributed by atoms with Gasteiger partial charge < -0.3 is 15.1 Å². The first-order valence-electron chi connectivity index (χ1n) is 5.76. The lowest BCUT2D eigenvalue weighted by atomic mass is 10.2. The van der Waals surface area contributed by atoms with E-state index in [1.807, 2.05) is 6.92 Å². The van der Waals surface area contributed by atoms with Crippen molar-refractivity contribution in [2.24, 2.45) is 0 Å². The second-order valence-corrected chi connectivity index (χ2v) is 5.45. The summed E-state index contributed by atoms with van der Waals surface area (Å²) in [6.45, 7) is 3.70. The molecule has 0 aliphatic carbocycles. The standard InChI is InChI=1S/C13H17NO4S/c1-8-6-11(13(18)14(3)7-9(2)15)19-10(8)4-5-12(16)17/h4-6,9,15H,7H2,1-3H3,(H,16,17). The number of carbonyl (C=O) groups excluding carboxylic acids is 1. The number of carboxylic acid groups (broad SMARTS) is 1. The lowest BCUT2D eigenvalue weighted by Gasteiger charge is -2.17. The zero-order valence-corrected chi connectivity index (χ0v) is 11.9. The summed E-state index contributed by atoms with van der Waals surface area (Å²) in [6.07, 6.45) is 1.95. The first kappa shape index (κ1) is 15.4. The third kappa shape index (κ3) is 4.50. The molecule has 0 saturated carbocycles. The summed E-state index contributed by atoms with van der Waals surface area (Å²) in [5.41, 5.74) is 0.858. The van der Waals surface area contributed by atoms with E-state index in [4.69, 9.17) is 5.11 Å². The van der Waals surface area contributed by atoms with Crippen molar-refractivity contribution in [2.75, 3.05) is 13.6 Å². The molecule has 1 aromatic rings. The third-order valence-electron chi connectivity index (χ3n) is 2.43. The van der Waals surface area contributed by atoms with E-state index in [1.54, 1.807) is 20.0 Å². The van der Waals surface area contributed by atoms with Crippen LogP contribution in [0.2, 0.25) is 0 Å². The zero-order valence-electron chi connectivity index (χ0n) is 11.1. The number of carbonyl (C=O) groups is 2. The Kier molecular flexibility index (Phi) is 5.26. The number of carboxylic acids is 1. The van der Waals surface area contributed by atoms with Gasteiger partial charge in [-0.25, -0.2) is 4.79 Å². The Bertz CT molecular complexity index is 505. The van der Waals surface area contributed by atoms with Crippen LogP contribution in [0.3, 0.4) is 0 Å². The first-order valence-corrected chi connectivity index (χ1v) is 6.58. The number of likely N-dealkylation sites (N-methyl/N-ethyl adjacent to an activating group) is 1. The normalized spacial score (nSPS) is 12.6. The van der Waals surface area contributed by atoms with E-state index < -0.39 is 12.1 Å². The number of amides is 1. The van der Waals surface area contributed by atoms with Crippen LogP contribution in [-0.4, -0.2) is 46.7 Å². The summed E-state index contributed by atoms with van der Waals surface area (Å²) in [5.74, 6) is -1.20. The van der Waals surface area contributed by atoms with Crippen molar-refractivity contribution in [1.29, 1.82) is 0 Å². The van der Waals surface area contributed by atoms with Crippen LogP contribution in [0.1, 0.15) is 27.0 Å². The maximum absolute atomic E-state index is 12.1. The second-order valence-electron chi connectivity index (χ2n) is 4.36. The van der Waals surface area contributed by atoms with Crippen LogP contribution < -0.4 is 0 Å². The minimum atomic E-state index is -1.02. The number of aryl methyl sites for hydroxylation is 1. The van der Waals surface area contributed by atoms with Crippen LogP contribution >= 0.6 is 11.3 Å². The summed E-state index contributed by atoms with van der Waals surface area (Å²) in [5, 5.41) is 17.8. The summed E-state index contributed by atoms with van der Waals surface area (Å²) in [4.78, 5) is 25.3. The maximum Gasteiger partial charge on any atom is 0.328 e. The quantitative estimate of drug-likeness (QED) is 0.805. The minimum absolute atomic E-state index is 0.177. The van der Waals surface area contributed by atoms with Crippen LogP contribution in [0.25, 0.3) is 6.08 Å². The molecule has 0 saturated heterocycles.